The van der Waals surface area contributed by atoms with Gasteiger partial charge in [0.2, 0.25) is 5.91 Å². The Kier molecular flexibility index (Phi) is 6.64. The van der Waals surface area contributed by atoms with Crippen molar-refractivity contribution >= 4 is 5.91 Å². The van der Waals surface area contributed by atoms with Crippen LogP contribution in [0.15, 0.2) is 66.7 Å². The normalized spacial score (nSPS) is 15.1. The molecule has 1 unspecified atom stereocenters. The molecule has 0 spiro atoms. The molecule has 5 nitrogen and oxygen atoms in total. The van der Waals surface area contributed by atoms with E-state index in [2.05, 4.69) is 12.1 Å². The second-order valence-corrected chi connectivity index (χ2v) is 7.90. The number of methoxy groups -OCH3 is 3. The highest BCUT2D eigenvalue weighted by Gasteiger charge is 2.33. The molecule has 1 heterocycles. The molecule has 1 aliphatic heterocycles. The summed E-state index contributed by atoms with van der Waals surface area (Å²) in [7, 11) is 4.94. The summed E-state index contributed by atoms with van der Waals surface area (Å²) in [5, 5.41) is 0. The average Bonchev–Trinajstić information content (AvgIpc) is 2.86. The Labute approximate surface area is 189 Å². The highest BCUT2D eigenvalue weighted by Crippen LogP contribution is 2.41. The molecule has 0 aromatic heterocycles. The van der Waals surface area contributed by atoms with E-state index in [9.17, 15) is 4.79 Å². The number of carbonyl (C=O) groups is 1. The van der Waals surface area contributed by atoms with Gasteiger partial charge in [0, 0.05) is 13.0 Å². The first-order valence-electron chi connectivity index (χ1n) is 10.9. The minimum Gasteiger partial charge on any atom is -0.497 e. The van der Waals surface area contributed by atoms with E-state index in [0.717, 1.165) is 34.6 Å². The molecule has 1 aliphatic rings. The van der Waals surface area contributed by atoms with Crippen LogP contribution in [0, 0.1) is 0 Å². The third kappa shape index (κ3) is 4.42. The van der Waals surface area contributed by atoms with Gasteiger partial charge in [-0.15, -0.1) is 0 Å². The predicted octanol–water partition coefficient (Wildman–Crippen LogP) is 4.82. The van der Waals surface area contributed by atoms with Crippen LogP contribution in [-0.2, 0) is 17.6 Å². The van der Waals surface area contributed by atoms with Crippen molar-refractivity contribution in [3.8, 4) is 17.2 Å². The molecular weight excluding hydrogens is 402 g/mol. The van der Waals surface area contributed by atoms with E-state index >= 15 is 0 Å². The molecule has 3 aromatic rings. The number of aryl methyl sites for hydroxylation is 1. The molecule has 0 bridgehead atoms. The Morgan fingerprint density at radius 3 is 2.25 bits per heavy atom. The van der Waals surface area contributed by atoms with E-state index in [1.54, 1.807) is 21.3 Å². The van der Waals surface area contributed by atoms with Crippen molar-refractivity contribution in [2.24, 2.45) is 0 Å². The maximum atomic E-state index is 13.4. The first-order valence-corrected chi connectivity index (χ1v) is 10.9. The summed E-state index contributed by atoms with van der Waals surface area (Å²) in [5.41, 5.74) is 4.51. The molecular formula is C27H29NO4. The van der Waals surface area contributed by atoms with Crippen molar-refractivity contribution in [2.45, 2.75) is 25.3 Å². The summed E-state index contributed by atoms with van der Waals surface area (Å²) in [6.07, 6.45) is 1.94. The molecule has 1 atom stereocenters. The molecule has 0 saturated heterocycles. The Morgan fingerprint density at radius 1 is 0.906 bits per heavy atom. The minimum absolute atomic E-state index is 0.148. The number of fused-ring (bicyclic) bond motifs is 1. The fraction of sp³-hybridized carbons (Fsp3) is 0.296. The summed E-state index contributed by atoms with van der Waals surface area (Å²) in [5.74, 6) is 2.37. The Morgan fingerprint density at radius 2 is 1.59 bits per heavy atom. The third-order valence-electron chi connectivity index (χ3n) is 6.10. The molecule has 5 heteroatoms. The van der Waals surface area contributed by atoms with E-state index in [1.165, 1.54) is 5.56 Å². The van der Waals surface area contributed by atoms with Crippen LogP contribution in [0.1, 0.15) is 34.7 Å². The van der Waals surface area contributed by atoms with Crippen LogP contribution in [0.4, 0.5) is 0 Å². The highest BCUT2D eigenvalue weighted by atomic mass is 16.5. The zero-order valence-electron chi connectivity index (χ0n) is 18.8. The number of ether oxygens (including phenoxy) is 3. The van der Waals surface area contributed by atoms with Crippen molar-refractivity contribution in [1.29, 1.82) is 0 Å². The number of amides is 1. The maximum absolute atomic E-state index is 13.4. The predicted molar refractivity (Wildman–Crippen MR) is 125 cm³/mol. The van der Waals surface area contributed by atoms with Gasteiger partial charge in [-0.2, -0.15) is 0 Å². The Balaban J connectivity index is 1.63. The van der Waals surface area contributed by atoms with Gasteiger partial charge in [0.25, 0.3) is 0 Å². The average molecular weight is 432 g/mol. The molecule has 166 valence electrons. The second-order valence-electron chi connectivity index (χ2n) is 7.90. The molecule has 1 amide bonds. The van der Waals surface area contributed by atoms with Gasteiger partial charge in [-0.3, -0.25) is 4.79 Å². The van der Waals surface area contributed by atoms with Crippen LogP contribution in [0.2, 0.25) is 0 Å². The third-order valence-corrected chi connectivity index (χ3v) is 6.10. The van der Waals surface area contributed by atoms with Crippen LogP contribution >= 0.6 is 0 Å². The van der Waals surface area contributed by atoms with Gasteiger partial charge in [0.1, 0.15) is 5.75 Å². The maximum Gasteiger partial charge on any atom is 0.223 e. The lowest BCUT2D eigenvalue weighted by Gasteiger charge is -2.38. The fourth-order valence-corrected chi connectivity index (χ4v) is 4.40. The van der Waals surface area contributed by atoms with E-state index in [0.29, 0.717) is 25.1 Å². The van der Waals surface area contributed by atoms with Crippen molar-refractivity contribution in [3.63, 3.8) is 0 Å². The highest BCUT2D eigenvalue weighted by molar-refractivity contribution is 5.78. The topological polar surface area (TPSA) is 48.0 Å². The molecule has 0 radical (unpaired) electrons. The lowest BCUT2D eigenvalue weighted by atomic mass is 9.87. The monoisotopic (exact) mass is 431 g/mol. The molecule has 0 saturated carbocycles. The van der Waals surface area contributed by atoms with E-state index < -0.39 is 0 Å². The summed E-state index contributed by atoms with van der Waals surface area (Å²) in [6, 6.07) is 22.0. The summed E-state index contributed by atoms with van der Waals surface area (Å²) >= 11 is 0. The molecule has 0 aliphatic carbocycles. The standard InChI is InChI=1S/C27H29NO4/c1-30-22-12-9-19(10-13-22)11-14-26(29)28-16-15-21-17-24(31-2)25(32-3)18-23(21)27(28)20-7-5-4-6-8-20/h4-10,12-13,17-18,27H,11,14-16H2,1-3H3. The van der Waals surface area contributed by atoms with Crippen molar-refractivity contribution in [2.75, 3.05) is 27.9 Å². The number of nitrogens with zero attached hydrogens (tertiary/aromatic N) is 1. The molecule has 32 heavy (non-hydrogen) atoms. The molecule has 4 rings (SSSR count). The van der Waals surface area contributed by atoms with Gasteiger partial charge in [-0.05, 0) is 59.4 Å². The van der Waals surface area contributed by atoms with E-state index in [1.807, 2.05) is 59.5 Å². The van der Waals surface area contributed by atoms with Crippen LogP contribution in [0.5, 0.6) is 17.2 Å². The number of rotatable bonds is 7. The van der Waals surface area contributed by atoms with Crippen LogP contribution in [0.3, 0.4) is 0 Å². The number of hydrogen-bond donors (Lipinski definition) is 0. The molecule has 3 aromatic carbocycles. The van der Waals surface area contributed by atoms with Gasteiger partial charge >= 0.3 is 0 Å². The van der Waals surface area contributed by atoms with Gasteiger partial charge in [0.05, 0.1) is 27.4 Å². The minimum atomic E-state index is -0.150. The SMILES string of the molecule is COc1ccc(CCC(=O)N2CCc3cc(OC)c(OC)cc3C2c2ccccc2)cc1. The Bertz CT molecular complexity index is 1060. The summed E-state index contributed by atoms with van der Waals surface area (Å²) in [4.78, 5) is 15.4. The first kappa shape index (κ1) is 21.8. The van der Waals surface area contributed by atoms with Crippen LogP contribution < -0.4 is 14.2 Å². The lowest BCUT2D eigenvalue weighted by molar-refractivity contribution is -0.133. The molecule has 0 fully saturated rings. The quantitative estimate of drug-likeness (QED) is 0.538. The van der Waals surface area contributed by atoms with Gasteiger partial charge < -0.3 is 19.1 Å². The van der Waals surface area contributed by atoms with Crippen molar-refractivity contribution < 1.29 is 19.0 Å². The van der Waals surface area contributed by atoms with Crippen molar-refractivity contribution in [1.82, 2.24) is 4.90 Å². The molecule has 0 N–H and O–H groups in total. The second kappa shape index (κ2) is 9.77. The van der Waals surface area contributed by atoms with Crippen LogP contribution in [0.25, 0.3) is 0 Å². The van der Waals surface area contributed by atoms with Gasteiger partial charge in [-0.1, -0.05) is 42.5 Å². The fourth-order valence-electron chi connectivity index (χ4n) is 4.40. The number of benzene rings is 3. The van der Waals surface area contributed by atoms with E-state index in [-0.39, 0.29) is 11.9 Å². The first-order chi connectivity index (χ1) is 15.6. The summed E-state index contributed by atoms with van der Waals surface area (Å²) in [6.45, 7) is 0.670. The largest absolute Gasteiger partial charge is 0.497 e. The Hall–Kier alpha value is -3.47. The van der Waals surface area contributed by atoms with Crippen molar-refractivity contribution in [3.05, 3.63) is 89.0 Å². The zero-order chi connectivity index (χ0) is 22.5. The zero-order valence-corrected chi connectivity index (χ0v) is 18.8. The smallest absolute Gasteiger partial charge is 0.223 e. The number of hydrogen-bond acceptors (Lipinski definition) is 4. The van der Waals surface area contributed by atoms with E-state index in [4.69, 9.17) is 14.2 Å². The number of carbonyl (C=O) groups excluding carboxylic acids is 1. The van der Waals surface area contributed by atoms with Crippen LogP contribution in [-0.4, -0.2) is 38.7 Å². The lowest BCUT2D eigenvalue weighted by Crippen LogP contribution is -2.40. The van der Waals surface area contributed by atoms with Gasteiger partial charge in [0.15, 0.2) is 11.5 Å². The van der Waals surface area contributed by atoms with Gasteiger partial charge in [-0.25, -0.2) is 0 Å². The summed E-state index contributed by atoms with van der Waals surface area (Å²) < 4.78 is 16.3.